The van der Waals surface area contributed by atoms with Gasteiger partial charge in [-0.05, 0) is 25.8 Å². The molecule has 8 nitrogen and oxygen atoms in total. The Morgan fingerprint density at radius 2 is 1.80 bits per heavy atom. The van der Waals surface area contributed by atoms with E-state index < -0.39 is 24.4 Å². The van der Waals surface area contributed by atoms with Crippen molar-refractivity contribution in [2.45, 2.75) is 76.3 Å². The lowest BCUT2D eigenvalue weighted by Crippen LogP contribution is -2.62. The van der Waals surface area contributed by atoms with Gasteiger partial charge in [0.25, 0.3) is 0 Å². The molecule has 1 saturated heterocycles. The van der Waals surface area contributed by atoms with Crippen LogP contribution in [0.2, 0.25) is 0 Å². The van der Waals surface area contributed by atoms with Crippen LogP contribution in [0.5, 0.6) is 0 Å². The number of β-amino-alcohol motifs (C(OH)–C–C–N with tert-alkyl or cyclic N) is 1. The fraction of sp³-hybridized carbons (Fsp3) is 0.882. The molecule has 8 heteroatoms. The van der Waals surface area contributed by atoms with Gasteiger partial charge in [-0.1, -0.05) is 31.4 Å². The minimum Gasteiger partial charge on any atom is -0.395 e. The molecule has 0 spiro atoms. The number of unbranched alkanes of at least 4 members (excludes halogenated alkanes) is 3. The van der Waals surface area contributed by atoms with E-state index in [-0.39, 0.29) is 13.2 Å². The number of rotatable bonds is 10. The standard InChI is InChI=1S/C17H32N4O4/c1-2-7-13-10-21(19-18-13)9-6-4-3-5-8-20-11-15(23)17(25)16(24)14(20)12-22/h10,14-17,22-25H,2-9,11-12H2,1H3/t14-,15+,16-,17-/m1/s1. The minimum absolute atomic E-state index is 0.225. The topological polar surface area (TPSA) is 115 Å². The van der Waals surface area contributed by atoms with Gasteiger partial charge in [-0.3, -0.25) is 9.58 Å². The van der Waals surface area contributed by atoms with Crippen molar-refractivity contribution in [1.82, 2.24) is 19.9 Å². The highest BCUT2D eigenvalue weighted by Crippen LogP contribution is 2.19. The highest BCUT2D eigenvalue weighted by Gasteiger charge is 2.40. The number of aromatic nitrogens is 3. The maximum atomic E-state index is 9.96. The van der Waals surface area contributed by atoms with E-state index in [0.717, 1.165) is 50.8 Å². The van der Waals surface area contributed by atoms with E-state index in [0.29, 0.717) is 6.54 Å². The number of aryl methyl sites for hydroxylation is 2. The maximum absolute atomic E-state index is 9.96. The molecule has 0 amide bonds. The number of aliphatic hydroxyl groups excluding tert-OH is 4. The van der Waals surface area contributed by atoms with Crippen LogP contribution in [0.3, 0.4) is 0 Å². The zero-order valence-corrected chi connectivity index (χ0v) is 15.0. The molecule has 2 rings (SSSR count). The summed E-state index contributed by atoms with van der Waals surface area (Å²) in [4.78, 5) is 1.87. The Bertz CT molecular complexity index is 499. The van der Waals surface area contributed by atoms with Crippen LogP contribution >= 0.6 is 0 Å². The van der Waals surface area contributed by atoms with Crippen LogP contribution in [0, 0.1) is 0 Å². The van der Waals surface area contributed by atoms with E-state index >= 15 is 0 Å². The SMILES string of the molecule is CCCc1cn(CCCCCCN2C[C@H](O)[C@@H](O)[C@H](O)[C@H]2CO)nn1. The summed E-state index contributed by atoms with van der Waals surface area (Å²) < 4.78 is 1.89. The monoisotopic (exact) mass is 356 g/mol. The quantitative estimate of drug-likeness (QED) is 0.420. The van der Waals surface area contributed by atoms with E-state index in [2.05, 4.69) is 17.2 Å². The van der Waals surface area contributed by atoms with E-state index in [4.69, 9.17) is 0 Å². The first-order chi connectivity index (χ1) is 12.1. The lowest BCUT2D eigenvalue weighted by molar-refractivity contribution is -0.145. The van der Waals surface area contributed by atoms with Crippen LogP contribution in [-0.2, 0) is 13.0 Å². The Balaban J connectivity index is 1.63. The second kappa shape index (κ2) is 10.2. The average molecular weight is 356 g/mol. The van der Waals surface area contributed by atoms with Gasteiger partial charge in [-0.15, -0.1) is 5.10 Å². The van der Waals surface area contributed by atoms with Gasteiger partial charge < -0.3 is 20.4 Å². The largest absolute Gasteiger partial charge is 0.395 e. The molecular weight excluding hydrogens is 324 g/mol. The Labute approximate surface area is 149 Å². The summed E-state index contributed by atoms with van der Waals surface area (Å²) in [6, 6.07) is -0.509. The highest BCUT2D eigenvalue weighted by molar-refractivity contribution is 4.94. The average Bonchev–Trinajstić information content (AvgIpc) is 3.04. The number of nitrogens with zero attached hydrogens (tertiary/aromatic N) is 4. The van der Waals surface area contributed by atoms with E-state index in [1.165, 1.54) is 0 Å². The van der Waals surface area contributed by atoms with Gasteiger partial charge in [0.2, 0.25) is 0 Å². The van der Waals surface area contributed by atoms with Crippen molar-refractivity contribution in [2.75, 3.05) is 19.7 Å². The fourth-order valence-electron chi connectivity index (χ4n) is 3.40. The molecule has 144 valence electrons. The second-order valence-electron chi connectivity index (χ2n) is 6.93. The molecule has 0 bridgehead atoms. The number of hydrogen-bond acceptors (Lipinski definition) is 7. The summed E-state index contributed by atoms with van der Waals surface area (Å²) in [6.45, 7) is 3.74. The number of hydrogen-bond donors (Lipinski definition) is 4. The molecule has 0 aromatic carbocycles. The van der Waals surface area contributed by atoms with Gasteiger partial charge in [0.15, 0.2) is 0 Å². The normalized spacial score (nSPS) is 27.7. The van der Waals surface area contributed by atoms with Crippen molar-refractivity contribution in [2.24, 2.45) is 0 Å². The zero-order chi connectivity index (χ0) is 18.2. The molecule has 4 atom stereocenters. The Morgan fingerprint density at radius 1 is 1.08 bits per heavy atom. The minimum atomic E-state index is -1.19. The van der Waals surface area contributed by atoms with Crippen LogP contribution in [0.1, 0.15) is 44.7 Å². The van der Waals surface area contributed by atoms with Crippen molar-refractivity contribution in [3.8, 4) is 0 Å². The number of likely N-dealkylation sites (tertiary alicyclic amines) is 1. The number of aliphatic hydroxyl groups is 4. The van der Waals surface area contributed by atoms with E-state index in [1.54, 1.807) is 0 Å². The van der Waals surface area contributed by atoms with Gasteiger partial charge in [0.05, 0.1) is 24.4 Å². The molecule has 1 aliphatic heterocycles. The highest BCUT2D eigenvalue weighted by atomic mass is 16.4. The van der Waals surface area contributed by atoms with Crippen molar-refractivity contribution < 1.29 is 20.4 Å². The van der Waals surface area contributed by atoms with Gasteiger partial charge in [0.1, 0.15) is 12.2 Å². The smallest absolute Gasteiger partial charge is 0.109 e. The van der Waals surface area contributed by atoms with Gasteiger partial charge >= 0.3 is 0 Å². The molecule has 25 heavy (non-hydrogen) atoms. The van der Waals surface area contributed by atoms with Crippen LogP contribution in [0.15, 0.2) is 6.20 Å². The third kappa shape index (κ3) is 5.72. The Kier molecular flexibility index (Phi) is 8.25. The third-order valence-corrected chi connectivity index (χ3v) is 4.89. The summed E-state index contributed by atoms with van der Waals surface area (Å²) in [5.41, 5.74) is 1.04. The molecule has 1 fully saturated rings. The molecule has 0 saturated carbocycles. The lowest BCUT2D eigenvalue weighted by atomic mass is 9.94. The summed E-state index contributed by atoms with van der Waals surface area (Å²) in [7, 11) is 0. The van der Waals surface area contributed by atoms with Gasteiger partial charge in [-0.2, -0.15) is 0 Å². The van der Waals surface area contributed by atoms with Crippen LogP contribution in [-0.4, -0.2) is 84.4 Å². The Morgan fingerprint density at radius 3 is 2.48 bits per heavy atom. The van der Waals surface area contributed by atoms with Gasteiger partial charge in [0, 0.05) is 19.3 Å². The van der Waals surface area contributed by atoms with Crippen LogP contribution in [0.25, 0.3) is 0 Å². The van der Waals surface area contributed by atoms with Crippen LogP contribution < -0.4 is 0 Å². The first kappa shape index (κ1) is 20.3. The molecule has 0 unspecified atom stereocenters. The fourth-order valence-corrected chi connectivity index (χ4v) is 3.40. The molecule has 1 aromatic heterocycles. The molecular formula is C17H32N4O4. The summed E-state index contributed by atoms with van der Waals surface area (Å²) in [5.74, 6) is 0. The van der Waals surface area contributed by atoms with Crippen molar-refractivity contribution >= 4 is 0 Å². The Hall–Kier alpha value is -1.06. The zero-order valence-electron chi connectivity index (χ0n) is 15.0. The maximum Gasteiger partial charge on any atom is 0.109 e. The van der Waals surface area contributed by atoms with E-state index in [1.807, 2.05) is 15.8 Å². The van der Waals surface area contributed by atoms with Crippen molar-refractivity contribution in [3.63, 3.8) is 0 Å². The summed E-state index contributed by atoms with van der Waals surface area (Å²) in [6.07, 6.45) is 4.83. The van der Waals surface area contributed by atoms with Crippen molar-refractivity contribution in [1.29, 1.82) is 0 Å². The predicted octanol–water partition coefficient (Wildman–Crippen LogP) is -0.450. The molecule has 2 heterocycles. The molecule has 1 aliphatic rings. The predicted molar refractivity (Wildman–Crippen MR) is 93.0 cm³/mol. The lowest BCUT2D eigenvalue weighted by Gasteiger charge is -2.43. The van der Waals surface area contributed by atoms with Crippen molar-refractivity contribution in [3.05, 3.63) is 11.9 Å². The molecule has 1 aromatic rings. The molecule has 4 N–H and O–H groups in total. The van der Waals surface area contributed by atoms with Crippen LogP contribution in [0.4, 0.5) is 0 Å². The second-order valence-corrected chi connectivity index (χ2v) is 6.93. The first-order valence-electron chi connectivity index (χ1n) is 9.35. The molecule has 0 radical (unpaired) electrons. The van der Waals surface area contributed by atoms with E-state index in [9.17, 15) is 20.4 Å². The summed E-state index contributed by atoms with van der Waals surface area (Å²) >= 11 is 0. The van der Waals surface area contributed by atoms with Gasteiger partial charge in [-0.25, -0.2) is 0 Å². The molecule has 0 aliphatic carbocycles. The first-order valence-corrected chi connectivity index (χ1v) is 9.35. The number of piperidine rings is 1. The third-order valence-electron chi connectivity index (χ3n) is 4.89. The summed E-state index contributed by atoms with van der Waals surface area (Å²) in [5, 5.41) is 47.1.